The van der Waals surface area contributed by atoms with E-state index in [1.165, 1.54) is 12.1 Å². The van der Waals surface area contributed by atoms with Crippen molar-refractivity contribution in [1.82, 2.24) is 0 Å². The third kappa shape index (κ3) is 3.00. The fraction of sp³-hybridized carbons (Fsp3) is 0.538. The normalized spacial score (nSPS) is 19.5. The highest BCUT2D eigenvalue weighted by molar-refractivity contribution is 5.27. The molecule has 0 saturated heterocycles. The first-order chi connectivity index (χ1) is 7.89. The highest BCUT2D eigenvalue weighted by Crippen LogP contribution is 2.33. The summed E-state index contributed by atoms with van der Waals surface area (Å²) >= 11 is 0. The Morgan fingerprint density at radius 3 is 2.41 bits per heavy atom. The number of alkyl halides is 3. The van der Waals surface area contributed by atoms with Crippen LogP contribution in [0.4, 0.5) is 13.2 Å². The molecule has 1 aliphatic carbocycles. The third-order valence-electron chi connectivity index (χ3n) is 3.41. The molecule has 17 heavy (non-hydrogen) atoms. The molecule has 0 heterocycles. The van der Waals surface area contributed by atoms with E-state index >= 15 is 0 Å². The van der Waals surface area contributed by atoms with Crippen molar-refractivity contribution in [3.8, 4) is 0 Å². The lowest BCUT2D eigenvalue weighted by Crippen LogP contribution is -2.38. The quantitative estimate of drug-likeness (QED) is 0.845. The van der Waals surface area contributed by atoms with Crippen molar-refractivity contribution >= 4 is 0 Å². The largest absolute Gasteiger partial charge is 0.416 e. The monoisotopic (exact) mass is 243 g/mol. The zero-order valence-electron chi connectivity index (χ0n) is 9.56. The van der Waals surface area contributed by atoms with E-state index < -0.39 is 11.7 Å². The number of hydrogen-bond acceptors (Lipinski definition) is 1. The maximum atomic E-state index is 12.5. The summed E-state index contributed by atoms with van der Waals surface area (Å²) in [6, 6.07) is 5.49. The molecule has 1 saturated carbocycles. The van der Waals surface area contributed by atoms with Crippen molar-refractivity contribution in [3.05, 3.63) is 35.4 Å². The summed E-state index contributed by atoms with van der Waals surface area (Å²) < 4.78 is 37.6. The fourth-order valence-corrected chi connectivity index (χ4v) is 2.52. The SMILES string of the molecule is NC1(Cc2cccc(C(F)(F)F)c2)CCCC1. The van der Waals surface area contributed by atoms with E-state index in [-0.39, 0.29) is 5.54 Å². The minimum absolute atomic E-state index is 0.301. The van der Waals surface area contributed by atoms with Crippen LogP contribution >= 0.6 is 0 Å². The molecule has 0 bridgehead atoms. The Balaban J connectivity index is 2.17. The van der Waals surface area contributed by atoms with E-state index in [0.29, 0.717) is 12.0 Å². The molecule has 94 valence electrons. The van der Waals surface area contributed by atoms with Gasteiger partial charge in [0.15, 0.2) is 0 Å². The van der Waals surface area contributed by atoms with Gasteiger partial charge in [0.1, 0.15) is 0 Å². The molecule has 0 atom stereocenters. The molecule has 0 amide bonds. The lowest BCUT2D eigenvalue weighted by Gasteiger charge is -2.23. The van der Waals surface area contributed by atoms with Gasteiger partial charge in [-0.2, -0.15) is 13.2 Å². The minimum Gasteiger partial charge on any atom is -0.325 e. The molecule has 0 spiro atoms. The molecular weight excluding hydrogens is 227 g/mol. The third-order valence-corrected chi connectivity index (χ3v) is 3.41. The van der Waals surface area contributed by atoms with E-state index in [9.17, 15) is 13.2 Å². The zero-order chi connectivity index (χ0) is 12.5. The average molecular weight is 243 g/mol. The van der Waals surface area contributed by atoms with Crippen LogP contribution in [0.25, 0.3) is 0 Å². The molecule has 0 aliphatic heterocycles. The van der Waals surface area contributed by atoms with Crippen molar-refractivity contribution in [2.75, 3.05) is 0 Å². The van der Waals surface area contributed by atoms with Crippen LogP contribution in [0.1, 0.15) is 36.8 Å². The Hall–Kier alpha value is -1.03. The van der Waals surface area contributed by atoms with Crippen LogP contribution in [0.3, 0.4) is 0 Å². The number of benzene rings is 1. The van der Waals surface area contributed by atoms with Crippen LogP contribution < -0.4 is 5.73 Å². The Morgan fingerprint density at radius 1 is 1.18 bits per heavy atom. The number of halogens is 3. The summed E-state index contributed by atoms with van der Waals surface area (Å²) in [6.45, 7) is 0. The number of nitrogens with two attached hydrogens (primary N) is 1. The first-order valence-corrected chi connectivity index (χ1v) is 5.84. The molecule has 1 aliphatic rings. The molecule has 1 fully saturated rings. The summed E-state index contributed by atoms with van der Waals surface area (Å²) in [7, 11) is 0. The van der Waals surface area contributed by atoms with Gasteiger partial charge in [-0.05, 0) is 30.9 Å². The Bertz CT molecular complexity index is 392. The number of hydrogen-bond donors (Lipinski definition) is 1. The summed E-state index contributed by atoms with van der Waals surface area (Å²) in [5.41, 5.74) is 5.97. The van der Waals surface area contributed by atoms with Gasteiger partial charge >= 0.3 is 6.18 Å². The molecule has 0 unspecified atom stereocenters. The zero-order valence-corrected chi connectivity index (χ0v) is 9.56. The highest BCUT2D eigenvalue weighted by Gasteiger charge is 2.32. The molecule has 1 aromatic carbocycles. The van der Waals surface area contributed by atoms with Crippen molar-refractivity contribution in [2.45, 2.75) is 43.8 Å². The first-order valence-electron chi connectivity index (χ1n) is 5.84. The van der Waals surface area contributed by atoms with Crippen LogP contribution in [0.5, 0.6) is 0 Å². The molecule has 4 heteroatoms. The summed E-state index contributed by atoms with van der Waals surface area (Å²) in [6.07, 6.45) is 0.238. The van der Waals surface area contributed by atoms with Gasteiger partial charge in [-0.15, -0.1) is 0 Å². The Kier molecular flexibility index (Phi) is 3.17. The van der Waals surface area contributed by atoms with Gasteiger partial charge in [0.2, 0.25) is 0 Å². The second-order valence-corrected chi connectivity index (χ2v) is 4.94. The highest BCUT2D eigenvalue weighted by atomic mass is 19.4. The van der Waals surface area contributed by atoms with E-state index in [2.05, 4.69) is 0 Å². The maximum Gasteiger partial charge on any atom is 0.416 e. The predicted molar refractivity (Wildman–Crippen MR) is 60.5 cm³/mol. The standard InChI is InChI=1S/C13H16F3N/c14-13(15,16)11-5-3-4-10(8-11)9-12(17)6-1-2-7-12/h3-5,8H,1-2,6-7,9,17H2. The van der Waals surface area contributed by atoms with Crippen molar-refractivity contribution in [2.24, 2.45) is 5.73 Å². The summed E-state index contributed by atoms with van der Waals surface area (Å²) in [4.78, 5) is 0. The van der Waals surface area contributed by atoms with Gasteiger partial charge in [-0.3, -0.25) is 0 Å². The van der Waals surface area contributed by atoms with E-state index in [1.807, 2.05) is 0 Å². The Labute approximate surface area is 98.8 Å². The molecule has 2 N–H and O–H groups in total. The van der Waals surface area contributed by atoms with Gasteiger partial charge in [0.25, 0.3) is 0 Å². The maximum absolute atomic E-state index is 12.5. The van der Waals surface area contributed by atoms with E-state index in [4.69, 9.17) is 5.73 Å². The van der Waals surface area contributed by atoms with E-state index in [1.54, 1.807) is 6.07 Å². The molecule has 1 nitrogen and oxygen atoms in total. The number of rotatable bonds is 2. The molecule has 1 aromatic rings. The second-order valence-electron chi connectivity index (χ2n) is 4.94. The van der Waals surface area contributed by atoms with Crippen LogP contribution in [0, 0.1) is 0 Å². The lowest BCUT2D eigenvalue weighted by molar-refractivity contribution is -0.137. The smallest absolute Gasteiger partial charge is 0.325 e. The van der Waals surface area contributed by atoms with Crippen molar-refractivity contribution in [3.63, 3.8) is 0 Å². The van der Waals surface area contributed by atoms with E-state index in [0.717, 1.165) is 31.7 Å². The van der Waals surface area contributed by atoms with Crippen molar-refractivity contribution < 1.29 is 13.2 Å². The summed E-state index contributed by atoms with van der Waals surface area (Å²) in [5, 5.41) is 0. The molecule has 0 radical (unpaired) electrons. The molecular formula is C13H16F3N. The van der Waals surface area contributed by atoms with Gasteiger partial charge in [0, 0.05) is 5.54 Å². The average Bonchev–Trinajstić information content (AvgIpc) is 2.64. The van der Waals surface area contributed by atoms with Crippen LogP contribution in [0.15, 0.2) is 24.3 Å². The topological polar surface area (TPSA) is 26.0 Å². The summed E-state index contributed by atoms with van der Waals surface area (Å²) in [5.74, 6) is 0. The van der Waals surface area contributed by atoms with Crippen molar-refractivity contribution in [1.29, 1.82) is 0 Å². The Morgan fingerprint density at radius 2 is 1.82 bits per heavy atom. The van der Waals surface area contributed by atoms with Gasteiger partial charge < -0.3 is 5.73 Å². The first kappa shape index (κ1) is 12.4. The van der Waals surface area contributed by atoms with Crippen LogP contribution in [0.2, 0.25) is 0 Å². The van der Waals surface area contributed by atoms with Gasteiger partial charge in [0.05, 0.1) is 5.56 Å². The molecule has 2 rings (SSSR count). The van der Waals surface area contributed by atoms with Crippen LogP contribution in [-0.2, 0) is 12.6 Å². The minimum atomic E-state index is -4.27. The molecule has 0 aromatic heterocycles. The fourth-order valence-electron chi connectivity index (χ4n) is 2.52. The van der Waals surface area contributed by atoms with Crippen LogP contribution in [-0.4, -0.2) is 5.54 Å². The lowest BCUT2D eigenvalue weighted by atomic mass is 9.90. The predicted octanol–water partition coefficient (Wildman–Crippen LogP) is 3.52. The van der Waals surface area contributed by atoms with Gasteiger partial charge in [-0.1, -0.05) is 31.0 Å². The second kappa shape index (κ2) is 4.33. The van der Waals surface area contributed by atoms with Gasteiger partial charge in [-0.25, -0.2) is 0 Å².